The Morgan fingerprint density at radius 3 is 2.60 bits per heavy atom. The van der Waals surface area contributed by atoms with Crippen LogP contribution in [0.4, 0.5) is 5.69 Å². The molecular weight excluding hydrogens is 252 g/mol. The minimum Gasteiger partial charge on any atom is -0.484 e. The van der Waals surface area contributed by atoms with Crippen LogP contribution in [-0.2, 0) is 4.79 Å². The Labute approximate surface area is 120 Å². The van der Waals surface area contributed by atoms with Gasteiger partial charge in [0, 0.05) is 18.3 Å². The van der Waals surface area contributed by atoms with Crippen LogP contribution >= 0.6 is 0 Å². The zero-order valence-corrected chi connectivity index (χ0v) is 11.8. The van der Waals surface area contributed by atoms with Crippen LogP contribution in [0.5, 0.6) is 5.75 Å². The summed E-state index contributed by atoms with van der Waals surface area (Å²) in [5.41, 5.74) is 6.29. The molecule has 1 aliphatic carbocycles. The monoisotopic (exact) mass is 274 g/mol. The molecule has 1 aromatic carbocycles. The van der Waals surface area contributed by atoms with E-state index >= 15 is 0 Å². The number of ether oxygens (including phenoxy) is 1. The van der Waals surface area contributed by atoms with Crippen molar-refractivity contribution >= 4 is 11.6 Å². The van der Waals surface area contributed by atoms with Crippen molar-refractivity contribution in [2.45, 2.75) is 31.7 Å². The molecule has 0 spiro atoms. The van der Waals surface area contributed by atoms with Gasteiger partial charge in [0.1, 0.15) is 5.75 Å². The lowest BCUT2D eigenvalue weighted by Gasteiger charge is -2.27. The maximum atomic E-state index is 12.3. The fraction of sp³-hybridized carbons (Fsp3) is 0.438. The van der Waals surface area contributed by atoms with Crippen molar-refractivity contribution in [3.63, 3.8) is 0 Å². The average Bonchev–Trinajstić information content (AvgIpc) is 2.97. The lowest BCUT2D eigenvalue weighted by molar-refractivity contribution is -0.135. The molecule has 108 valence electrons. The minimum absolute atomic E-state index is 0.0219. The number of rotatable bonds is 6. The number of amides is 1. The van der Waals surface area contributed by atoms with Crippen LogP contribution in [0.25, 0.3) is 0 Å². The van der Waals surface area contributed by atoms with E-state index < -0.39 is 0 Å². The molecule has 1 aliphatic rings. The van der Waals surface area contributed by atoms with Gasteiger partial charge in [-0.15, -0.1) is 6.58 Å². The first-order valence-corrected chi connectivity index (χ1v) is 7.09. The quantitative estimate of drug-likeness (QED) is 0.641. The topological polar surface area (TPSA) is 55.6 Å². The predicted molar refractivity (Wildman–Crippen MR) is 80.5 cm³/mol. The first-order chi connectivity index (χ1) is 9.70. The number of anilines is 1. The molecule has 1 aromatic rings. The van der Waals surface area contributed by atoms with Gasteiger partial charge in [-0.25, -0.2) is 0 Å². The number of nitrogens with two attached hydrogens (primary N) is 1. The van der Waals surface area contributed by atoms with E-state index in [1.165, 1.54) is 12.8 Å². The van der Waals surface area contributed by atoms with Gasteiger partial charge in [-0.1, -0.05) is 18.9 Å². The van der Waals surface area contributed by atoms with Crippen molar-refractivity contribution in [3.8, 4) is 5.75 Å². The van der Waals surface area contributed by atoms with Crippen molar-refractivity contribution in [1.82, 2.24) is 4.90 Å². The Hall–Kier alpha value is -1.97. The van der Waals surface area contributed by atoms with Crippen molar-refractivity contribution < 1.29 is 9.53 Å². The predicted octanol–water partition coefficient (Wildman–Crippen LogP) is 2.60. The highest BCUT2D eigenvalue weighted by Gasteiger charge is 2.25. The van der Waals surface area contributed by atoms with E-state index in [9.17, 15) is 4.79 Å². The highest BCUT2D eigenvalue weighted by Crippen LogP contribution is 2.23. The highest BCUT2D eigenvalue weighted by atomic mass is 16.5. The molecule has 0 aliphatic heterocycles. The van der Waals surface area contributed by atoms with Gasteiger partial charge in [0.25, 0.3) is 5.91 Å². The Kier molecular flexibility index (Phi) is 5.04. The summed E-state index contributed by atoms with van der Waals surface area (Å²) in [5.74, 6) is 0.686. The molecule has 0 aromatic heterocycles. The fourth-order valence-electron chi connectivity index (χ4n) is 2.60. The van der Waals surface area contributed by atoms with Crippen LogP contribution in [0, 0.1) is 0 Å². The van der Waals surface area contributed by atoms with Gasteiger partial charge in [0.2, 0.25) is 0 Å². The van der Waals surface area contributed by atoms with E-state index in [-0.39, 0.29) is 12.5 Å². The molecule has 0 heterocycles. The summed E-state index contributed by atoms with van der Waals surface area (Å²) in [5, 5.41) is 0. The van der Waals surface area contributed by atoms with Crippen LogP contribution in [-0.4, -0.2) is 30.0 Å². The van der Waals surface area contributed by atoms with Crippen molar-refractivity contribution in [1.29, 1.82) is 0 Å². The summed E-state index contributed by atoms with van der Waals surface area (Å²) in [7, 11) is 0. The second kappa shape index (κ2) is 6.98. The highest BCUT2D eigenvalue weighted by molar-refractivity contribution is 5.78. The molecule has 20 heavy (non-hydrogen) atoms. The van der Waals surface area contributed by atoms with E-state index in [4.69, 9.17) is 10.5 Å². The molecule has 2 rings (SSSR count). The number of nitrogens with zero attached hydrogens (tertiary/aromatic N) is 1. The SMILES string of the molecule is C=CCN(C(=O)COc1ccc(N)cc1)C1CCCC1. The zero-order valence-electron chi connectivity index (χ0n) is 11.8. The van der Waals surface area contributed by atoms with Gasteiger partial charge in [0.15, 0.2) is 6.61 Å². The van der Waals surface area contributed by atoms with Crippen LogP contribution < -0.4 is 10.5 Å². The van der Waals surface area contributed by atoms with E-state index in [2.05, 4.69) is 6.58 Å². The Morgan fingerprint density at radius 2 is 2.00 bits per heavy atom. The van der Waals surface area contributed by atoms with E-state index in [0.717, 1.165) is 12.8 Å². The summed E-state index contributed by atoms with van der Waals surface area (Å²) in [6, 6.07) is 7.42. The van der Waals surface area contributed by atoms with E-state index in [0.29, 0.717) is 24.0 Å². The molecule has 4 nitrogen and oxygen atoms in total. The third kappa shape index (κ3) is 3.76. The van der Waals surface area contributed by atoms with Gasteiger partial charge >= 0.3 is 0 Å². The van der Waals surface area contributed by atoms with E-state index in [1.54, 1.807) is 30.3 Å². The molecule has 0 bridgehead atoms. The molecular formula is C16H22N2O2. The van der Waals surface area contributed by atoms with Gasteiger partial charge in [-0.3, -0.25) is 4.79 Å². The van der Waals surface area contributed by atoms with Gasteiger partial charge in [0.05, 0.1) is 0 Å². The molecule has 0 saturated heterocycles. The maximum Gasteiger partial charge on any atom is 0.261 e. The Bertz CT molecular complexity index is 450. The van der Waals surface area contributed by atoms with Crippen molar-refractivity contribution in [3.05, 3.63) is 36.9 Å². The zero-order chi connectivity index (χ0) is 14.4. The lowest BCUT2D eigenvalue weighted by Crippen LogP contribution is -2.41. The average molecular weight is 274 g/mol. The number of nitrogen functional groups attached to an aromatic ring is 1. The first kappa shape index (κ1) is 14.4. The number of hydrogen-bond donors (Lipinski definition) is 1. The van der Waals surface area contributed by atoms with Gasteiger partial charge < -0.3 is 15.4 Å². The van der Waals surface area contributed by atoms with Crippen LogP contribution in [0.2, 0.25) is 0 Å². The van der Waals surface area contributed by atoms with Crippen molar-refractivity contribution in [2.24, 2.45) is 0 Å². The summed E-state index contributed by atoms with van der Waals surface area (Å²) in [4.78, 5) is 14.2. The number of hydrogen-bond acceptors (Lipinski definition) is 3. The summed E-state index contributed by atoms with van der Waals surface area (Å²) < 4.78 is 5.53. The summed E-state index contributed by atoms with van der Waals surface area (Å²) in [6.45, 7) is 4.39. The molecule has 2 N–H and O–H groups in total. The number of benzene rings is 1. The second-order valence-electron chi connectivity index (χ2n) is 5.13. The molecule has 1 amide bonds. The maximum absolute atomic E-state index is 12.3. The smallest absolute Gasteiger partial charge is 0.261 e. The van der Waals surface area contributed by atoms with Crippen LogP contribution in [0.3, 0.4) is 0 Å². The standard InChI is InChI=1S/C16H22N2O2/c1-2-11-18(14-5-3-4-6-14)16(19)12-20-15-9-7-13(17)8-10-15/h2,7-10,14H,1,3-6,11-12,17H2. The largest absolute Gasteiger partial charge is 0.484 e. The lowest BCUT2D eigenvalue weighted by atomic mass is 10.2. The van der Waals surface area contributed by atoms with Crippen molar-refractivity contribution in [2.75, 3.05) is 18.9 Å². The molecule has 0 radical (unpaired) electrons. The summed E-state index contributed by atoms with van der Waals surface area (Å²) >= 11 is 0. The first-order valence-electron chi connectivity index (χ1n) is 7.09. The third-order valence-corrected chi connectivity index (χ3v) is 3.65. The minimum atomic E-state index is 0.0219. The number of carbonyl (C=O) groups excluding carboxylic acids is 1. The Balaban J connectivity index is 1.90. The summed E-state index contributed by atoms with van der Waals surface area (Å²) in [6.07, 6.45) is 6.34. The molecule has 1 saturated carbocycles. The third-order valence-electron chi connectivity index (χ3n) is 3.65. The second-order valence-corrected chi connectivity index (χ2v) is 5.13. The molecule has 0 atom stereocenters. The molecule has 4 heteroatoms. The van der Waals surface area contributed by atoms with Crippen LogP contribution in [0.1, 0.15) is 25.7 Å². The number of carbonyl (C=O) groups is 1. The van der Waals surface area contributed by atoms with Crippen LogP contribution in [0.15, 0.2) is 36.9 Å². The van der Waals surface area contributed by atoms with E-state index in [1.807, 2.05) is 4.90 Å². The van der Waals surface area contributed by atoms with Gasteiger partial charge in [-0.05, 0) is 37.1 Å². The molecule has 0 unspecified atom stereocenters. The van der Waals surface area contributed by atoms with Gasteiger partial charge in [-0.2, -0.15) is 0 Å². The molecule has 1 fully saturated rings. The fourth-order valence-corrected chi connectivity index (χ4v) is 2.60. The Morgan fingerprint density at radius 1 is 1.35 bits per heavy atom. The normalized spacial score (nSPS) is 15.0.